The Kier molecular flexibility index (Phi) is 6.12. The SMILES string of the molecule is CC(C)C[C@H](CO)CNCc1ccccc1. The van der Waals surface area contributed by atoms with Crippen LogP contribution in [0.15, 0.2) is 30.3 Å². The normalized spacial score (nSPS) is 13.0. The molecule has 2 heteroatoms. The Hall–Kier alpha value is -0.860. The third-order valence-electron chi connectivity index (χ3n) is 2.67. The highest BCUT2D eigenvalue weighted by molar-refractivity contribution is 5.14. The molecule has 1 rings (SSSR count). The second kappa shape index (κ2) is 7.42. The summed E-state index contributed by atoms with van der Waals surface area (Å²) in [6, 6.07) is 10.4. The van der Waals surface area contributed by atoms with Gasteiger partial charge in [0.15, 0.2) is 0 Å². The first-order valence-electron chi connectivity index (χ1n) is 6.08. The van der Waals surface area contributed by atoms with Crippen LogP contribution in [-0.4, -0.2) is 18.3 Å². The van der Waals surface area contributed by atoms with Gasteiger partial charge in [0.1, 0.15) is 0 Å². The molecule has 0 radical (unpaired) electrons. The van der Waals surface area contributed by atoms with E-state index in [1.807, 2.05) is 6.07 Å². The summed E-state index contributed by atoms with van der Waals surface area (Å²) in [6.45, 7) is 6.44. The lowest BCUT2D eigenvalue weighted by molar-refractivity contribution is 0.202. The van der Waals surface area contributed by atoms with Crippen LogP contribution >= 0.6 is 0 Å². The minimum Gasteiger partial charge on any atom is -0.396 e. The highest BCUT2D eigenvalue weighted by atomic mass is 16.3. The first kappa shape index (κ1) is 13.2. The first-order valence-corrected chi connectivity index (χ1v) is 6.08. The van der Waals surface area contributed by atoms with Gasteiger partial charge in [0.05, 0.1) is 0 Å². The van der Waals surface area contributed by atoms with E-state index in [9.17, 15) is 5.11 Å². The molecule has 2 N–H and O–H groups in total. The number of hydrogen-bond acceptors (Lipinski definition) is 2. The van der Waals surface area contributed by atoms with Crippen LogP contribution in [0.25, 0.3) is 0 Å². The van der Waals surface area contributed by atoms with E-state index in [0.29, 0.717) is 11.8 Å². The third kappa shape index (κ3) is 5.29. The van der Waals surface area contributed by atoms with E-state index in [1.54, 1.807) is 0 Å². The predicted molar refractivity (Wildman–Crippen MR) is 68.2 cm³/mol. The number of nitrogens with one attached hydrogen (secondary N) is 1. The largest absolute Gasteiger partial charge is 0.396 e. The fourth-order valence-corrected chi connectivity index (χ4v) is 1.91. The van der Waals surface area contributed by atoms with Gasteiger partial charge >= 0.3 is 0 Å². The zero-order chi connectivity index (χ0) is 11.8. The Labute approximate surface area is 98.7 Å². The summed E-state index contributed by atoms with van der Waals surface area (Å²) in [6.07, 6.45) is 1.08. The second-order valence-corrected chi connectivity index (χ2v) is 4.79. The summed E-state index contributed by atoms with van der Waals surface area (Å²) >= 11 is 0. The molecule has 0 saturated carbocycles. The zero-order valence-corrected chi connectivity index (χ0v) is 10.3. The molecule has 2 nitrogen and oxygen atoms in total. The van der Waals surface area contributed by atoms with E-state index in [0.717, 1.165) is 19.5 Å². The Bertz CT molecular complexity index is 271. The number of aliphatic hydroxyl groups is 1. The molecule has 1 aromatic rings. The summed E-state index contributed by atoms with van der Waals surface area (Å²) in [5.74, 6) is 1.03. The van der Waals surface area contributed by atoms with Crippen LogP contribution in [-0.2, 0) is 6.54 Å². The molecule has 0 aliphatic carbocycles. The molecule has 1 aromatic carbocycles. The van der Waals surface area contributed by atoms with E-state index in [4.69, 9.17) is 0 Å². The van der Waals surface area contributed by atoms with Crippen molar-refractivity contribution < 1.29 is 5.11 Å². The molecule has 0 heterocycles. The van der Waals surface area contributed by atoms with Crippen LogP contribution < -0.4 is 5.32 Å². The highest BCUT2D eigenvalue weighted by Gasteiger charge is 2.08. The fraction of sp³-hybridized carbons (Fsp3) is 0.571. The van der Waals surface area contributed by atoms with Crippen LogP contribution in [0, 0.1) is 11.8 Å². The summed E-state index contributed by atoms with van der Waals surface area (Å²) in [5.41, 5.74) is 1.30. The minimum absolute atomic E-state index is 0.278. The summed E-state index contributed by atoms with van der Waals surface area (Å²) < 4.78 is 0. The Morgan fingerprint density at radius 3 is 2.44 bits per heavy atom. The maximum absolute atomic E-state index is 9.23. The lowest BCUT2D eigenvalue weighted by Crippen LogP contribution is -2.25. The average molecular weight is 221 g/mol. The summed E-state index contributed by atoms with van der Waals surface area (Å²) in [4.78, 5) is 0. The van der Waals surface area contributed by atoms with Gasteiger partial charge in [-0.1, -0.05) is 44.2 Å². The number of hydrogen-bond donors (Lipinski definition) is 2. The minimum atomic E-state index is 0.278. The Morgan fingerprint density at radius 2 is 1.88 bits per heavy atom. The van der Waals surface area contributed by atoms with Crippen molar-refractivity contribution in [1.82, 2.24) is 5.32 Å². The number of benzene rings is 1. The zero-order valence-electron chi connectivity index (χ0n) is 10.3. The third-order valence-corrected chi connectivity index (χ3v) is 2.67. The number of rotatable bonds is 7. The Balaban J connectivity index is 2.23. The van der Waals surface area contributed by atoms with Crippen molar-refractivity contribution in [2.75, 3.05) is 13.2 Å². The predicted octanol–water partition coefficient (Wildman–Crippen LogP) is 2.43. The van der Waals surface area contributed by atoms with Gasteiger partial charge in [-0.2, -0.15) is 0 Å². The van der Waals surface area contributed by atoms with Crippen molar-refractivity contribution in [2.45, 2.75) is 26.8 Å². The summed E-state index contributed by atoms with van der Waals surface area (Å²) in [5, 5.41) is 12.6. The van der Waals surface area contributed by atoms with Crippen LogP contribution in [0.2, 0.25) is 0 Å². The van der Waals surface area contributed by atoms with Gasteiger partial charge < -0.3 is 10.4 Å². The molecule has 0 amide bonds. The van der Waals surface area contributed by atoms with Crippen molar-refractivity contribution in [3.63, 3.8) is 0 Å². The van der Waals surface area contributed by atoms with Crippen molar-refractivity contribution in [1.29, 1.82) is 0 Å². The molecule has 0 saturated heterocycles. The van der Waals surface area contributed by atoms with Crippen LogP contribution in [0.5, 0.6) is 0 Å². The van der Waals surface area contributed by atoms with E-state index in [1.165, 1.54) is 5.56 Å². The van der Waals surface area contributed by atoms with Crippen molar-refractivity contribution in [3.05, 3.63) is 35.9 Å². The van der Waals surface area contributed by atoms with E-state index >= 15 is 0 Å². The van der Waals surface area contributed by atoms with Gasteiger partial charge in [-0.3, -0.25) is 0 Å². The molecule has 90 valence electrons. The summed E-state index contributed by atoms with van der Waals surface area (Å²) in [7, 11) is 0. The molecule has 0 bridgehead atoms. The molecule has 0 aliphatic rings. The molecule has 16 heavy (non-hydrogen) atoms. The molecular formula is C14H23NO. The van der Waals surface area contributed by atoms with Crippen molar-refractivity contribution >= 4 is 0 Å². The molecule has 0 aromatic heterocycles. The highest BCUT2D eigenvalue weighted by Crippen LogP contribution is 2.10. The Morgan fingerprint density at radius 1 is 1.19 bits per heavy atom. The van der Waals surface area contributed by atoms with Gasteiger partial charge in [-0.15, -0.1) is 0 Å². The van der Waals surface area contributed by atoms with Crippen LogP contribution in [0.1, 0.15) is 25.8 Å². The van der Waals surface area contributed by atoms with E-state index in [-0.39, 0.29) is 6.61 Å². The second-order valence-electron chi connectivity index (χ2n) is 4.79. The monoisotopic (exact) mass is 221 g/mol. The maximum Gasteiger partial charge on any atom is 0.0471 e. The van der Waals surface area contributed by atoms with Gasteiger partial charge in [-0.05, 0) is 23.8 Å². The van der Waals surface area contributed by atoms with E-state index < -0.39 is 0 Å². The molecule has 0 unspecified atom stereocenters. The molecule has 0 spiro atoms. The molecule has 1 atom stereocenters. The van der Waals surface area contributed by atoms with Crippen molar-refractivity contribution in [2.24, 2.45) is 11.8 Å². The van der Waals surface area contributed by atoms with Gasteiger partial charge in [0.2, 0.25) is 0 Å². The van der Waals surface area contributed by atoms with Gasteiger partial charge in [0.25, 0.3) is 0 Å². The van der Waals surface area contributed by atoms with Crippen LogP contribution in [0.4, 0.5) is 0 Å². The quantitative estimate of drug-likeness (QED) is 0.741. The van der Waals surface area contributed by atoms with Gasteiger partial charge in [0, 0.05) is 19.7 Å². The van der Waals surface area contributed by atoms with E-state index in [2.05, 4.69) is 43.4 Å². The lowest BCUT2D eigenvalue weighted by Gasteiger charge is -2.17. The number of aliphatic hydroxyl groups excluding tert-OH is 1. The average Bonchev–Trinajstić information content (AvgIpc) is 2.28. The molecule has 0 fully saturated rings. The van der Waals surface area contributed by atoms with Gasteiger partial charge in [-0.25, -0.2) is 0 Å². The molecule has 0 aliphatic heterocycles. The standard InChI is InChI=1S/C14H23NO/c1-12(2)8-14(11-16)10-15-9-13-6-4-3-5-7-13/h3-7,12,14-16H,8-11H2,1-2H3/t14-/m0/s1. The lowest BCUT2D eigenvalue weighted by atomic mass is 9.98. The molecular weight excluding hydrogens is 198 g/mol. The van der Waals surface area contributed by atoms with Crippen molar-refractivity contribution in [3.8, 4) is 0 Å². The topological polar surface area (TPSA) is 32.3 Å². The smallest absolute Gasteiger partial charge is 0.0471 e. The first-order chi connectivity index (χ1) is 7.72. The fourth-order valence-electron chi connectivity index (χ4n) is 1.91. The maximum atomic E-state index is 9.23. The van der Waals surface area contributed by atoms with Crippen LogP contribution in [0.3, 0.4) is 0 Å².